The van der Waals surface area contributed by atoms with Gasteiger partial charge in [-0.1, -0.05) is 35.0 Å². The van der Waals surface area contributed by atoms with Gasteiger partial charge in [0.25, 0.3) is 0 Å². The summed E-state index contributed by atoms with van der Waals surface area (Å²) < 4.78 is 5.17. The fourth-order valence-corrected chi connectivity index (χ4v) is 1.70. The fraction of sp³-hybridized carbons (Fsp3) is 0.385. The third-order valence-electron chi connectivity index (χ3n) is 2.54. The van der Waals surface area contributed by atoms with E-state index in [4.69, 9.17) is 4.52 Å². The highest BCUT2D eigenvalue weighted by molar-refractivity contribution is 5.24. The highest BCUT2D eigenvalue weighted by Gasteiger charge is 2.06. The predicted molar refractivity (Wildman–Crippen MR) is 65.9 cm³/mol. The zero-order valence-electron chi connectivity index (χ0n) is 10.2. The Labute approximate surface area is 101 Å². The molecule has 0 unspecified atom stereocenters. The summed E-state index contributed by atoms with van der Waals surface area (Å²) in [5.74, 6) is 1.45. The van der Waals surface area contributed by atoms with E-state index in [0.29, 0.717) is 5.89 Å². The van der Waals surface area contributed by atoms with Crippen LogP contribution in [0.25, 0.3) is 0 Å². The average molecular weight is 231 g/mol. The lowest BCUT2D eigenvalue weighted by Crippen LogP contribution is -2.10. The number of likely N-dealkylation sites (N-methyl/N-ethyl adjacent to an activating group) is 1. The summed E-state index contributed by atoms with van der Waals surface area (Å²) in [4.78, 5) is 4.35. The van der Waals surface area contributed by atoms with Crippen LogP contribution in [-0.4, -0.2) is 23.7 Å². The topological polar surface area (TPSA) is 51.0 Å². The Morgan fingerprint density at radius 1 is 1.35 bits per heavy atom. The maximum Gasteiger partial charge on any atom is 0.227 e. The van der Waals surface area contributed by atoms with E-state index in [0.717, 1.165) is 25.2 Å². The van der Waals surface area contributed by atoms with Gasteiger partial charge in [0.05, 0.1) is 0 Å². The van der Waals surface area contributed by atoms with Crippen LogP contribution in [0, 0.1) is 6.92 Å². The van der Waals surface area contributed by atoms with Crippen LogP contribution in [0.3, 0.4) is 0 Å². The van der Waals surface area contributed by atoms with Crippen LogP contribution in [0.2, 0.25) is 0 Å². The first-order valence-corrected chi connectivity index (χ1v) is 5.79. The van der Waals surface area contributed by atoms with Gasteiger partial charge in [-0.15, -0.1) is 0 Å². The van der Waals surface area contributed by atoms with E-state index in [1.807, 2.05) is 13.1 Å². The second-order valence-electron chi connectivity index (χ2n) is 4.12. The van der Waals surface area contributed by atoms with Crippen molar-refractivity contribution in [1.29, 1.82) is 0 Å². The van der Waals surface area contributed by atoms with Crippen LogP contribution in [0.4, 0.5) is 0 Å². The fourth-order valence-electron chi connectivity index (χ4n) is 1.70. The summed E-state index contributed by atoms with van der Waals surface area (Å²) in [6, 6.07) is 8.35. The molecule has 1 heterocycles. The monoisotopic (exact) mass is 231 g/mol. The van der Waals surface area contributed by atoms with E-state index < -0.39 is 0 Å². The number of nitrogens with zero attached hydrogens (tertiary/aromatic N) is 2. The first-order chi connectivity index (χ1) is 8.28. The van der Waals surface area contributed by atoms with E-state index in [1.165, 1.54) is 11.1 Å². The Kier molecular flexibility index (Phi) is 3.88. The van der Waals surface area contributed by atoms with Gasteiger partial charge in [-0.3, -0.25) is 0 Å². The lowest BCUT2D eigenvalue weighted by atomic mass is 10.1. The standard InChI is InChI=1S/C13H17N3O/c1-10-4-3-5-11(8-10)9-12-15-13(17-16-12)6-7-14-2/h3-5,8,14H,6-7,9H2,1-2H3. The van der Waals surface area contributed by atoms with Crippen molar-refractivity contribution in [2.24, 2.45) is 0 Å². The van der Waals surface area contributed by atoms with E-state index in [1.54, 1.807) is 0 Å². The molecule has 0 fully saturated rings. The molecule has 0 saturated carbocycles. The van der Waals surface area contributed by atoms with Gasteiger partial charge in [-0.25, -0.2) is 0 Å². The van der Waals surface area contributed by atoms with Gasteiger partial charge in [-0.05, 0) is 19.5 Å². The van der Waals surface area contributed by atoms with E-state index in [2.05, 4.69) is 40.6 Å². The number of aryl methyl sites for hydroxylation is 1. The summed E-state index contributed by atoms with van der Waals surface area (Å²) in [7, 11) is 1.91. The summed E-state index contributed by atoms with van der Waals surface area (Å²) >= 11 is 0. The van der Waals surface area contributed by atoms with E-state index in [9.17, 15) is 0 Å². The third-order valence-corrected chi connectivity index (χ3v) is 2.54. The van der Waals surface area contributed by atoms with Crippen LogP contribution >= 0.6 is 0 Å². The van der Waals surface area contributed by atoms with Gasteiger partial charge in [0.2, 0.25) is 5.89 Å². The highest BCUT2D eigenvalue weighted by atomic mass is 16.5. The molecule has 0 aliphatic carbocycles. The Bertz CT molecular complexity index is 479. The Balaban J connectivity index is 2.01. The van der Waals surface area contributed by atoms with E-state index >= 15 is 0 Å². The summed E-state index contributed by atoms with van der Waals surface area (Å²) in [6.45, 7) is 2.93. The summed E-state index contributed by atoms with van der Waals surface area (Å²) in [5.41, 5.74) is 2.47. The van der Waals surface area contributed by atoms with Crippen LogP contribution in [0.15, 0.2) is 28.8 Å². The minimum atomic E-state index is 0.696. The molecule has 4 nitrogen and oxygen atoms in total. The first-order valence-electron chi connectivity index (χ1n) is 5.79. The number of hydrogen-bond donors (Lipinski definition) is 1. The van der Waals surface area contributed by atoms with Gasteiger partial charge >= 0.3 is 0 Å². The number of hydrogen-bond acceptors (Lipinski definition) is 4. The maximum atomic E-state index is 5.17. The number of aromatic nitrogens is 2. The molecule has 2 aromatic rings. The van der Waals surface area contributed by atoms with Crippen molar-refractivity contribution in [3.63, 3.8) is 0 Å². The molecule has 0 bridgehead atoms. The molecular formula is C13H17N3O. The molecule has 0 aliphatic rings. The molecular weight excluding hydrogens is 214 g/mol. The van der Waals surface area contributed by atoms with Crippen molar-refractivity contribution in [3.05, 3.63) is 47.1 Å². The van der Waals surface area contributed by atoms with Gasteiger partial charge in [0.15, 0.2) is 5.82 Å². The molecule has 0 amide bonds. The van der Waals surface area contributed by atoms with Crippen molar-refractivity contribution in [2.45, 2.75) is 19.8 Å². The van der Waals surface area contributed by atoms with Gasteiger partial charge in [-0.2, -0.15) is 4.98 Å². The van der Waals surface area contributed by atoms with Crippen molar-refractivity contribution in [1.82, 2.24) is 15.5 Å². The SMILES string of the molecule is CNCCc1nc(Cc2cccc(C)c2)no1. The van der Waals surface area contributed by atoms with Crippen molar-refractivity contribution < 1.29 is 4.52 Å². The minimum absolute atomic E-state index is 0.696. The second kappa shape index (κ2) is 5.59. The Hall–Kier alpha value is -1.68. The molecule has 1 aromatic carbocycles. The molecule has 0 aliphatic heterocycles. The van der Waals surface area contributed by atoms with Crippen LogP contribution < -0.4 is 5.32 Å². The molecule has 17 heavy (non-hydrogen) atoms. The second-order valence-corrected chi connectivity index (χ2v) is 4.12. The lowest BCUT2D eigenvalue weighted by molar-refractivity contribution is 0.372. The molecule has 1 aromatic heterocycles. The maximum absolute atomic E-state index is 5.17. The van der Waals surface area contributed by atoms with E-state index in [-0.39, 0.29) is 0 Å². The average Bonchev–Trinajstić information content (AvgIpc) is 2.74. The highest BCUT2D eigenvalue weighted by Crippen LogP contribution is 2.09. The lowest BCUT2D eigenvalue weighted by Gasteiger charge is -1.97. The van der Waals surface area contributed by atoms with Crippen molar-refractivity contribution >= 4 is 0 Å². The molecule has 0 radical (unpaired) electrons. The quantitative estimate of drug-likeness (QED) is 0.851. The van der Waals surface area contributed by atoms with Crippen LogP contribution in [0.1, 0.15) is 22.8 Å². The smallest absolute Gasteiger partial charge is 0.227 e. The zero-order valence-corrected chi connectivity index (χ0v) is 10.2. The third kappa shape index (κ3) is 3.39. The van der Waals surface area contributed by atoms with Gasteiger partial charge in [0.1, 0.15) is 0 Å². The molecule has 0 spiro atoms. The van der Waals surface area contributed by atoms with Gasteiger partial charge in [0, 0.05) is 19.4 Å². The van der Waals surface area contributed by atoms with Gasteiger partial charge < -0.3 is 9.84 Å². The Morgan fingerprint density at radius 3 is 3.00 bits per heavy atom. The number of rotatable bonds is 5. The summed E-state index contributed by atoms with van der Waals surface area (Å²) in [5, 5.41) is 7.03. The Morgan fingerprint density at radius 2 is 2.24 bits per heavy atom. The number of benzene rings is 1. The molecule has 90 valence electrons. The molecule has 0 saturated heterocycles. The molecule has 1 N–H and O–H groups in total. The molecule has 0 atom stereocenters. The van der Waals surface area contributed by atoms with Crippen LogP contribution in [-0.2, 0) is 12.8 Å². The predicted octanol–water partition coefficient (Wildman–Crippen LogP) is 1.73. The first kappa shape index (κ1) is 11.8. The van der Waals surface area contributed by atoms with Crippen molar-refractivity contribution in [2.75, 3.05) is 13.6 Å². The largest absolute Gasteiger partial charge is 0.339 e. The van der Waals surface area contributed by atoms with Crippen molar-refractivity contribution in [3.8, 4) is 0 Å². The van der Waals surface area contributed by atoms with Crippen LogP contribution in [0.5, 0.6) is 0 Å². The summed E-state index contributed by atoms with van der Waals surface area (Å²) in [6.07, 6.45) is 1.50. The molecule has 2 rings (SSSR count). The molecule has 4 heteroatoms. The normalized spacial score (nSPS) is 10.7. The minimum Gasteiger partial charge on any atom is -0.339 e. The number of nitrogens with one attached hydrogen (secondary N) is 1. The zero-order chi connectivity index (χ0) is 12.1.